The number of carbonyl (C=O) groups excluding carboxylic acids is 1. The molecule has 2 aromatic rings. The largest absolute Gasteiger partial charge is 0.497 e. The summed E-state index contributed by atoms with van der Waals surface area (Å²) in [6.07, 6.45) is 1.92. The Labute approximate surface area is 154 Å². The van der Waals surface area contributed by atoms with Crippen LogP contribution in [0.2, 0.25) is 5.02 Å². The number of rotatable bonds is 9. The summed E-state index contributed by atoms with van der Waals surface area (Å²) in [6, 6.07) is 15.0. The molecule has 1 amide bonds. The smallest absolute Gasteiger partial charge is 0.220 e. The van der Waals surface area contributed by atoms with Gasteiger partial charge >= 0.3 is 0 Å². The first-order valence-electron chi connectivity index (χ1n) is 8.44. The van der Waals surface area contributed by atoms with Gasteiger partial charge in [-0.2, -0.15) is 0 Å². The zero-order chi connectivity index (χ0) is 18.1. The molecule has 0 radical (unpaired) electrons. The first kappa shape index (κ1) is 19.1. The molecule has 0 unspecified atom stereocenters. The third-order valence-corrected chi connectivity index (χ3v) is 4.14. The fraction of sp³-hybridized carbons (Fsp3) is 0.350. The first-order chi connectivity index (χ1) is 12.1. The van der Waals surface area contributed by atoms with Crippen LogP contribution in [0, 0.1) is 0 Å². The SMILES string of the molecule is CC[C@H](NC(=O)CCCOc1ccc(Cl)cc1)c1ccc(OC)cc1. The predicted molar refractivity (Wildman–Crippen MR) is 100 cm³/mol. The monoisotopic (exact) mass is 361 g/mol. The van der Waals surface area contributed by atoms with Crippen LogP contribution in [-0.4, -0.2) is 19.6 Å². The number of ether oxygens (including phenoxy) is 2. The van der Waals surface area contributed by atoms with E-state index in [1.54, 1.807) is 19.2 Å². The van der Waals surface area contributed by atoms with E-state index in [-0.39, 0.29) is 11.9 Å². The molecule has 0 saturated carbocycles. The Balaban J connectivity index is 1.74. The quantitative estimate of drug-likeness (QED) is 0.654. The van der Waals surface area contributed by atoms with Crippen molar-refractivity contribution in [2.24, 2.45) is 0 Å². The fourth-order valence-corrected chi connectivity index (χ4v) is 2.60. The van der Waals surface area contributed by atoms with Crippen LogP contribution in [0.3, 0.4) is 0 Å². The van der Waals surface area contributed by atoms with Gasteiger partial charge in [0, 0.05) is 11.4 Å². The molecular formula is C20H24ClNO3. The summed E-state index contributed by atoms with van der Waals surface area (Å²) in [7, 11) is 1.64. The third-order valence-electron chi connectivity index (χ3n) is 3.89. The highest BCUT2D eigenvalue weighted by atomic mass is 35.5. The molecule has 0 spiro atoms. The lowest BCUT2D eigenvalue weighted by Gasteiger charge is -2.18. The summed E-state index contributed by atoms with van der Waals surface area (Å²) < 4.78 is 10.8. The van der Waals surface area contributed by atoms with Crippen molar-refractivity contribution < 1.29 is 14.3 Å². The second kappa shape index (κ2) is 9.94. The Bertz CT molecular complexity index is 656. The van der Waals surface area contributed by atoms with Crippen LogP contribution in [0.5, 0.6) is 11.5 Å². The van der Waals surface area contributed by atoms with E-state index < -0.39 is 0 Å². The van der Waals surface area contributed by atoms with Gasteiger partial charge < -0.3 is 14.8 Å². The maximum atomic E-state index is 12.2. The summed E-state index contributed by atoms with van der Waals surface area (Å²) >= 11 is 5.83. The average molecular weight is 362 g/mol. The van der Waals surface area contributed by atoms with Gasteiger partial charge in [-0.3, -0.25) is 4.79 Å². The molecule has 0 aromatic heterocycles. The van der Waals surface area contributed by atoms with Gasteiger partial charge in [0.05, 0.1) is 19.8 Å². The van der Waals surface area contributed by atoms with Crippen LogP contribution in [-0.2, 0) is 4.79 Å². The molecule has 0 aliphatic rings. The van der Waals surface area contributed by atoms with Crippen molar-refractivity contribution in [1.29, 1.82) is 0 Å². The Morgan fingerprint density at radius 3 is 2.32 bits per heavy atom. The Hall–Kier alpha value is -2.20. The molecule has 0 fully saturated rings. The van der Waals surface area contributed by atoms with E-state index in [0.717, 1.165) is 23.5 Å². The van der Waals surface area contributed by atoms with Gasteiger partial charge in [0.1, 0.15) is 11.5 Å². The zero-order valence-corrected chi connectivity index (χ0v) is 15.4. The van der Waals surface area contributed by atoms with E-state index in [0.29, 0.717) is 24.5 Å². The molecule has 1 atom stereocenters. The van der Waals surface area contributed by atoms with Crippen molar-refractivity contribution in [2.75, 3.05) is 13.7 Å². The third kappa shape index (κ3) is 6.31. The van der Waals surface area contributed by atoms with Crippen molar-refractivity contribution in [3.63, 3.8) is 0 Å². The number of hydrogen-bond acceptors (Lipinski definition) is 3. The summed E-state index contributed by atoms with van der Waals surface area (Å²) in [6.45, 7) is 2.55. The lowest BCUT2D eigenvalue weighted by atomic mass is 10.0. The van der Waals surface area contributed by atoms with E-state index in [1.807, 2.05) is 36.4 Å². The molecule has 0 aliphatic heterocycles. The Morgan fingerprint density at radius 2 is 1.72 bits per heavy atom. The van der Waals surface area contributed by atoms with Crippen molar-refractivity contribution >= 4 is 17.5 Å². The average Bonchev–Trinajstić information content (AvgIpc) is 2.65. The number of benzene rings is 2. The molecule has 0 aliphatic carbocycles. The topological polar surface area (TPSA) is 47.6 Å². The zero-order valence-electron chi connectivity index (χ0n) is 14.6. The van der Waals surface area contributed by atoms with E-state index >= 15 is 0 Å². The van der Waals surface area contributed by atoms with E-state index in [9.17, 15) is 4.79 Å². The van der Waals surface area contributed by atoms with Crippen LogP contribution >= 0.6 is 11.6 Å². The number of amides is 1. The predicted octanol–water partition coefficient (Wildman–Crippen LogP) is 4.78. The molecule has 0 heterocycles. The van der Waals surface area contributed by atoms with Crippen molar-refractivity contribution in [2.45, 2.75) is 32.2 Å². The minimum atomic E-state index is 0.00981. The van der Waals surface area contributed by atoms with Gasteiger partial charge in [0.15, 0.2) is 0 Å². The minimum absolute atomic E-state index is 0.00981. The maximum Gasteiger partial charge on any atom is 0.220 e. The van der Waals surface area contributed by atoms with E-state index in [2.05, 4.69) is 12.2 Å². The Morgan fingerprint density at radius 1 is 1.08 bits per heavy atom. The van der Waals surface area contributed by atoms with Gasteiger partial charge in [-0.25, -0.2) is 0 Å². The molecule has 25 heavy (non-hydrogen) atoms. The van der Waals surface area contributed by atoms with Gasteiger partial charge in [-0.15, -0.1) is 0 Å². The number of carbonyl (C=O) groups is 1. The van der Waals surface area contributed by atoms with Gasteiger partial charge in [-0.1, -0.05) is 30.7 Å². The number of halogens is 1. The summed E-state index contributed by atoms with van der Waals surface area (Å²) in [5, 5.41) is 3.75. The molecule has 0 bridgehead atoms. The number of nitrogens with one attached hydrogen (secondary N) is 1. The van der Waals surface area contributed by atoms with Crippen molar-refractivity contribution in [3.05, 3.63) is 59.1 Å². The normalized spacial score (nSPS) is 11.6. The van der Waals surface area contributed by atoms with Gasteiger partial charge in [0.2, 0.25) is 5.91 Å². The van der Waals surface area contributed by atoms with E-state index in [1.165, 1.54) is 0 Å². The van der Waals surface area contributed by atoms with Crippen LogP contribution < -0.4 is 14.8 Å². The van der Waals surface area contributed by atoms with Crippen molar-refractivity contribution in [1.82, 2.24) is 5.32 Å². The molecule has 134 valence electrons. The highest BCUT2D eigenvalue weighted by Gasteiger charge is 2.12. The molecule has 1 N–H and O–H groups in total. The van der Waals surface area contributed by atoms with Gasteiger partial charge in [0.25, 0.3) is 0 Å². The first-order valence-corrected chi connectivity index (χ1v) is 8.82. The molecule has 2 rings (SSSR count). The highest BCUT2D eigenvalue weighted by molar-refractivity contribution is 6.30. The minimum Gasteiger partial charge on any atom is -0.497 e. The molecule has 4 nitrogen and oxygen atoms in total. The summed E-state index contributed by atoms with van der Waals surface area (Å²) in [5.41, 5.74) is 1.08. The highest BCUT2D eigenvalue weighted by Crippen LogP contribution is 2.20. The van der Waals surface area contributed by atoms with Crippen LogP contribution in [0.4, 0.5) is 0 Å². The van der Waals surface area contributed by atoms with Crippen LogP contribution in [0.25, 0.3) is 0 Å². The molecule has 2 aromatic carbocycles. The molecule has 5 heteroatoms. The summed E-state index contributed by atoms with van der Waals surface area (Å²) in [4.78, 5) is 12.2. The number of methoxy groups -OCH3 is 1. The van der Waals surface area contributed by atoms with Crippen LogP contribution in [0.1, 0.15) is 37.8 Å². The molecule has 0 saturated heterocycles. The number of hydrogen-bond donors (Lipinski definition) is 1. The fourth-order valence-electron chi connectivity index (χ4n) is 2.48. The molecular weight excluding hydrogens is 338 g/mol. The summed E-state index contributed by atoms with van der Waals surface area (Å²) in [5.74, 6) is 1.60. The van der Waals surface area contributed by atoms with Crippen molar-refractivity contribution in [3.8, 4) is 11.5 Å². The second-order valence-corrected chi connectivity index (χ2v) is 6.14. The van der Waals surface area contributed by atoms with E-state index in [4.69, 9.17) is 21.1 Å². The Kier molecular flexibility index (Phi) is 7.61. The van der Waals surface area contributed by atoms with Gasteiger partial charge in [-0.05, 0) is 54.8 Å². The lowest BCUT2D eigenvalue weighted by molar-refractivity contribution is -0.122. The lowest BCUT2D eigenvalue weighted by Crippen LogP contribution is -2.28. The second-order valence-electron chi connectivity index (χ2n) is 5.71. The maximum absolute atomic E-state index is 12.2. The van der Waals surface area contributed by atoms with Crippen LogP contribution in [0.15, 0.2) is 48.5 Å². The standard InChI is InChI=1S/C20H24ClNO3/c1-3-19(15-6-10-17(24-2)11-7-15)22-20(23)5-4-14-25-18-12-8-16(21)9-13-18/h6-13,19H,3-5,14H2,1-2H3,(H,22,23)/t19-/m0/s1.